The van der Waals surface area contributed by atoms with Crippen LogP contribution in [-0.2, 0) is 11.3 Å². The molecule has 0 unspecified atom stereocenters. The lowest BCUT2D eigenvalue weighted by Crippen LogP contribution is -2.06. The van der Waals surface area contributed by atoms with Gasteiger partial charge in [-0.2, -0.15) is 15.4 Å². The van der Waals surface area contributed by atoms with E-state index in [0.717, 1.165) is 0 Å². The molecule has 0 amide bonds. The van der Waals surface area contributed by atoms with Crippen LogP contribution in [0.15, 0.2) is 30.5 Å². The van der Waals surface area contributed by atoms with Crippen molar-refractivity contribution in [3.63, 3.8) is 0 Å². The van der Waals surface area contributed by atoms with Gasteiger partial charge in [-0.1, -0.05) is 23.7 Å². The molecule has 0 aliphatic heterocycles. The molecule has 2 rings (SSSR count). The number of ether oxygens (including phenoxy) is 1. The Hall–Kier alpha value is -1.88. The van der Waals surface area contributed by atoms with E-state index in [9.17, 15) is 4.79 Å². The van der Waals surface area contributed by atoms with Crippen LogP contribution in [0, 0.1) is 0 Å². The maximum atomic E-state index is 11.6. The molecule has 0 bridgehead atoms. The molecule has 1 heterocycles. The number of esters is 1. The van der Waals surface area contributed by atoms with E-state index in [1.807, 2.05) is 0 Å². The smallest absolute Gasteiger partial charge is 0.340 e. The average molecular weight is 238 g/mol. The number of rotatable bonds is 3. The zero-order chi connectivity index (χ0) is 11.4. The minimum absolute atomic E-state index is 0.0700. The highest BCUT2D eigenvalue weighted by atomic mass is 35.5. The number of hydrogen-bond acceptors (Lipinski definition) is 4. The van der Waals surface area contributed by atoms with E-state index in [1.54, 1.807) is 24.3 Å². The molecule has 0 saturated carbocycles. The monoisotopic (exact) mass is 237 g/mol. The molecule has 0 atom stereocenters. The number of H-pyrrole nitrogens is 1. The van der Waals surface area contributed by atoms with E-state index in [1.165, 1.54) is 6.20 Å². The fraction of sp³-hybridized carbons (Fsp3) is 0.100. The van der Waals surface area contributed by atoms with Crippen molar-refractivity contribution >= 4 is 17.6 Å². The second-order valence-corrected chi connectivity index (χ2v) is 3.42. The van der Waals surface area contributed by atoms with Crippen LogP contribution < -0.4 is 0 Å². The van der Waals surface area contributed by atoms with Gasteiger partial charge in [0.15, 0.2) is 0 Å². The Labute approximate surface area is 96.4 Å². The summed E-state index contributed by atoms with van der Waals surface area (Å²) in [7, 11) is 0. The highest BCUT2D eigenvalue weighted by Gasteiger charge is 2.11. The summed E-state index contributed by atoms with van der Waals surface area (Å²) in [4.78, 5) is 11.6. The number of halogens is 1. The van der Waals surface area contributed by atoms with Crippen LogP contribution in [0.4, 0.5) is 0 Å². The van der Waals surface area contributed by atoms with Crippen LogP contribution in [0.25, 0.3) is 0 Å². The molecule has 1 aromatic carbocycles. The number of aromatic nitrogens is 3. The molecule has 0 spiro atoms. The fourth-order valence-corrected chi connectivity index (χ4v) is 1.35. The van der Waals surface area contributed by atoms with Crippen LogP contribution in [0.5, 0.6) is 0 Å². The predicted molar refractivity (Wildman–Crippen MR) is 57.0 cm³/mol. The van der Waals surface area contributed by atoms with Crippen LogP contribution in [0.2, 0.25) is 5.02 Å². The highest BCUT2D eigenvalue weighted by Crippen LogP contribution is 2.16. The molecule has 0 saturated heterocycles. The first-order valence-electron chi connectivity index (χ1n) is 4.53. The molecular formula is C10H8ClN3O2. The van der Waals surface area contributed by atoms with Gasteiger partial charge in [-0.05, 0) is 12.1 Å². The van der Waals surface area contributed by atoms with Crippen molar-refractivity contribution in [3.8, 4) is 0 Å². The maximum Gasteiger partial charge on any atom is 0.340 e. The molecule has 5 nitrogen and oxygen atoms in total. The number of hydrogen-bond donors (Lipinski definition) is 1. The lowest BCUT2D eigenvalue weighted by atomic mass is 10.2. The van der Waals surface area contributed by atoms with Crippen molar-refractivity contribution < 1.29 is 9.53 Å². The Balaban J connectivity index is 2.01. The lowest BCUT2D eigenvalue weighted by Gasteiger charge is -2.03. The SMILES string of the molecule is O=C(OCc1cn[nH]n1)c1ccccc1Cl. The zero-order valence-corrected chi connectivity index (χ0v) is 8.94. The number of benzene rings is 1. The van der Waals surface area contributed by atoms with Crippen LogP contribution in [0.3, 0.4) is 0 Å². The van der Waals surface area contributed by atoms with E-state index in [0.29, 0.717) is 16.3 Å². The number of carbonyl (C=O) groups excluding carboxylic acids is 1. The molecule has 16 heavy (non-hydrogen) atoms. The predicted octanol–water partition coefficient (Wildman–Crippen LogP) is 1.82. The van der Waals surface area contributed by atoms with Gasteiger partial charge in [0.1, 0.15) is 12.3 Å². The lowest BCUT2D eigenvalue weighted by molar-refractivity contribution is 0.0468. The molecule has 0 aliphatic rings. The molecule has 1 aromatic heterocycles. The van der Waals surface area contributed by atoms with Crippen LogP contribution in [-0.4, -0.2) is 21.4 Å². The second kappa shape index (κ2) is 4.76. The first-order valence-corrected chi connectivity index (χ1v) is 4.91. The Morgan fingerprint density at radius 1 is 1.44 bits per heavy atom. The van der Waals surface area contributed by atoms with Gasteiger partial charge in [-0.25, -0.2) is 4.79 Å². The number of aromatic amines is 1. The summed E-state index contributed by atoms with van der Waals surface area (Å²) in [6.07, 6.45) is 1.49. The van der Waals surface area contributed by atoms with E-state index >= 15 is 0 Å². The minimum atomic E-state index is -0.478. The molecule has 6 heteroatoms. The van der Waals surface area contributed by atoms with Gasteiger partial charge in [0.2, 0.25) is 0 Å². The van der Waals surface area contributed by atoms with Crippen molar-refractivity contribution in [1.82, 2.24) is 15.4 Å². The zero-order valence-electron chi connectivity index (χ0n) is 8.18. The second-order valence-electron chi connectivity index (χ2n) is 3.02. The summed E-state index contributed by atoms with van der Waals surface area (Å²) in [6, 6.07) is 6.71. The van der Waals surface area contributed by atoms with Crippen LogP contribution >= 0.6 is 11.6 Å². The van der Waals surface area contributed by atoms with Crippen molar-refractivity contribution in [2.75, 3.05) is 0 Å². The summed E-state index contributed by atoms with van der Waals surface area (Å²) in [5, 5.41) is 10.2. The highest BCUT2D eigenvalue weighted by molar-refractivity contribution is 6.33. The Kier molecular flexibility index (Phi) is 3.16. The standard InChI is InChI=1S/C10H8ClN3O2/c11-9-4-2-1-3-8(9)10(15)16-6-7-5-12-14-13-7/h1-5H,6H2,(H,12,13,14). The summed E-state index contributed by atoms with van der Waals surface area (Å²) in [5.74, 6) is -0.478. The van der Waals surface area contributed by atoms with Crippen molar-refractivity contribution in [2.24, 2.45) is 0 Å². The quantitative estimate of drug-likeness (QED) is 0.827. The average Bonchev–Trinajstić information content (AvgIpc) is 2.79. The molecule has 0 radical (unpaired) electrons. The third-order valence-corrected chi connectivity index (χ3v) is 2.24. The number of carbonyl (C=O) groups is 1. The first kappa shape index (κ1) is 10.6. The number of nitrogens with one attached hydrogen (secondary N) is 1. The van der Waals surface area contributed by atoms with E-state index < -0.39 is 5.97 Å². The van der Waals surface area contributed by atoms with Crippen molar-refractivity contribution in [1.29, 1.82) is 0 Å². The van der Waals surface area contributed by atoms with Crippen molar-refractivity contribution in [2.45, 2.75) is 6.61 Å². The molecule has 82 valence electrons. The first-order chi connectivity index (χ1) is 7.77. The molecule has 0 aliphatic carbocycles. The summed E-state index contributed by atoms with van der Waals surface area (Å²) < 4.78 is 5.01. The summed E-state index contributed by atoms with van der Waals surface area (Å²) in [6.45, 7) is 0.0700. The maximum absolute atomic E-state index is 11.6. The van der Waals surface area contributed by atoms with Gasteiger partial charge in [0.05, 0.1) is 16.8 Å². The largest absolute Gasteiger partial charge is 0.455 e. The Morgan fingerprint density at radius 3 is 2.94 bits per heavy atom. The molecule has 0 fully saturated rings. The van der Waals surface area contributed by atoms with E-state index in [4.69, 9.17) is 16.3 Å². The van der Waals surface area contributed by atoms with Gasteiger partial charge in [-0.15, -0.1) is 0 Å². The summed E-state index contributed by atoms with van der Waals surface area (Å²) >= 11 is 5.84. The third kappa shape index (κ3) is 2.38. The van der Waals surface area contributed by atoms with Gasteiger partial charge < -0.3 is 4.74 Å². The van der Waals surface area contributed by atoms with Gasteiger partial charge >= 0.3 is 5.97 Å². The normalized spacial score (nSPS) is 10.1. The fourth-order valence-electron chi connectivity index (χ4n) is 1.14. The third-order valence-electron chi connectivity index (χ3n) is 1.91. The molecular weight excluding hydrogens is 230 g/mol. The minimum Gasteiger partial charge on any atom is -0.455 e. The topological polar surface area (TPSA) is 67.9 Å². The Bertz CT molecular complexity index is 485. The summed E-state index contributed by atoms with van der Waals surface area (Å²) in [5.41, 5.74) is 0.896. The van der Waals surface area contributed by atoms with Gasteiger partial charge in [0.25, 0.3) is 0 Å². The van der Waals surface area contributed by atoms with Crippen LogP contribution in [0.1, 0.15) is 16.1 Å². The van der Waals surface area contributed by atoms with Gasteiger partial charge in [0, 0.05) is 0 Å². The molecule has 2 aromatic rings. The van der Waals surface area contributed by atoms with Crippen molar-refractivity contribution in [3.05, 3.63) is 46.7 Å². The van der Waals surface area contributed by atoms with E-state index in [2.05, 4.69) is 15.4 Å². The Morgan fingerprint density at radius 2 is 2.25 bits per heavy atom. The molecule has 1 N–H and O–H groups in total. The van der Waals surface area contributed by atoms with E-state index in [-0.39, 0.29) is 6.61 Å². The number of nitrogens with zero attached hydrogens (tertiary/aromatic N) is 2. The van der Waals surface area contributed by atoms with Gasteiger partial charge in [-0.3, -0.25) is 0 Å².